The van der Waals surface area contributed by atoms with Crippen LogP contribution in [0.15, 0.2) is 48.5 Å². The van der Waals surface area contributed by atoms with Crippen molar-refractivity contribution in [3.63, 3.8) is 0 Å². The Bertz CT molecular complexity index is 640. The molecule has 0 atom stereocenters. The van der Waals surface area contributed by atoms with Crippen molar-refractivity contribution in [2.45, 2.75) is 45.4 Å². The zero-order valence-corrected chi connectivity index (χ0v) is 20.1. The van der Waals surface area contributed by atoms with Gasteiger partial charge in [0.15, 0.2) is 0 Å². The second-order valence-electron chi connectivity index (χ2n) is 7.40. The summed E-state index contributed by atoms with van der Waals surface area (Å²) in [5.41, 5.74) is 6.19. The van der Waals surface area contributed by atoms with Gasteiger partial charge >= 0.3 is 148 Å². The van der Waals surface area contributed by atoms with E-state index in [4.69, 9.17) is 0 Å². The molecule has 0 bridgehead atoms. The molecular weight excluding hydrogens is 432 g/mol. The second-order valence-corrected chi connectivity index (χ2v) is 21.6. The summed E-state index contributed by atoms with van der Waals surface area (Å²) in [6.07, 6.45) is 0. The van der Waals surface area contributed by atoms with E-state index in [1.165, 1.54) is 22.3 Å². The smallest absolute Gasteiger partial charge is 1.00 e. The molecule has 1 aliphatic rings. The van der Waals surface area contributed by atoms with Gasteiger partial charge in [-0.25, -0.2) is 0 Å². The minimum Gasteiger partial charge on any atom is -1.00 e. The summed E-state index contributed by atoms with van der Waals surface area (Å²) >= 11 is -0.500. The fourth-order valence-corrected chi connectivity index (χ4v) is 13.2. The first-order valence-electron chi connectivity index (χ1n) is 8.13. The van der Waals surface area contributed by atoms with Crippen molar-refractivity contribution in [1.82, 2.24) is 2.84 Å². The molecule has 0 heterocycles. The van der Waals surface area contributed by atoms with Crippen LogP contribution >= 0.6 is 0 Å². The van der Waals surface area contributed by atoms with E-state index in [0.717, 1.165) is 0 Å². The molecule has 0 radical (unpaired) electrons. The molecular formula is C19H25Cl2NSiZr. The van der Waals surface area contributed by atoms with Crippen LogP contribution in [0.5, 0.6) is 0 Å². The first-order chi connectivity index (χ1) is 10.4. The SMILES string of the molecule is C[SiH](C)[Zr+2][N](C1c2ccccc2-c2ccccc21)C(C)(C)C.[Cl-].[Cl-]. The van der Waals surface area contributed by atoms with E-state index >= 15 is 0 Å². The molecule has 5 heteroatoms. The van der Waals surface area contributed by atoms with Gasteiger partial charge in [0.25, 0.3) is 0 Å². The van der Waals surface area contributed by atoms with Crippen LogP contribution in [-0.4, -0.2) is 14.3 Å². The van der Waals surface area contributed by atoms with Crippen LogP contribution < -0.4 is 24.8 Å². The number of fused-ring (bicyclic) bond motifs is 3. The van der Waals surface area contributed by atoms with E-state index in [2.05, 4.69) is 85.2 Å². The van der Waals surface area contributed by atoms with Crippen molar-refractivity contribution in [1.29, 1.82) is 0 Å². The third-order valence-electron chi connectivity index (χ3n) is 4.18. The summed E-state index contributed by atoms with van der Waals surface area (Å²) in [6, 6.07) is 18.5. The van der Waals surface area contributed by atoms with Gasteiger partial charge in [-0.05, 0) is 0 Å². The summed E-state index contributed by atoms with van der Waals surface area (Å²) in [4.78, 5) is 0. The van der Waals surface area contributed by atoms with Crippen molar-refractivity contribution in [2.75, 3.05) is 0 Å². The predicted octanol–water partition coefficient (Wildman–Crippen LogP) is -1.15. The average Bonchev–Trinajstić information content (AvgIpc) is 2.78. The van der Waals surface area contributed by atoms with Crippen LogP contribution in [0.25, 0.3) is 11.1 Å². The Labute approximate surface area is 171 Å². The molecule has 0 unspecified atom stereocenters. The quantitative estimate of drug-likeness (QED) is 0.526. The number of hydrogen-bond acceptors (Lipinski definition) is 1. The first-order valence-corrected chi connectivity index (χ1v) is 16.4. The number of hydrogen-bond donors (Lipinski definition) is 0. The van der Waals surface area contributed by atoms with Crippen molar-refractivity contribution < 1.29 is 47.5 Å². The van der Waals surface area contributed by atoms with Crippen LogP contribution in [0, 0.1) is 0 Å². The minimum absolute atomic E-state index is 0. The van der Waals surface area contributed by atoms with Gasteiger partial charge in [0.2, 0.25) is 0 Å². The maximum atomic E-state index is 2.90. The minimum atomic E-state index is -0.517. The summed E-state index contributed by atoms with van der Waals surface area (Å²) in [5.74, 6) is -0.517. The molecule has 0 saturated heterocycles. The normalized spacial score (nSPS) is 13.0. The van der Waals surface area contributed by atoms with Gasteiger partial charge in [-0.1, -0.05) is 0 Å². The molecule has 2 aromatic rings. The maximum absolute atomic E-state index is 2.90. The fraction of sp³-hybridized carbons (Fsp3) is 0.368. The van der Waals surface area contributed by atoms with E-state index < -0.39 is 28.6 Å². The molecule has 1 nitrogen and oxygen atoms in total. The summed E-state index contributed by atoms with van der Waals surface area (Å²) in [5, 5.41) is 0. The maximum Gasteiger partial charge on any atom is -1.00 e. The molecule has 0 fully saturated rings. The molecule has 0 spiro atoms. The summed E-state index contributed by atoms with van der Waals surface area (Å²) in [6.45, 7) is 12.2. The van der Waals surface area contributed by atoms with Gasteiger partial charge in [0.05, 0.1) is 0 Å². The standard InChI is InChI=1S/C17H18N.C2H7Si.2ClH.Zr/c1-17(2,3)18-16-14-10-6-4-8-12(14)13-9-5-7-11-15(13)16;1-3-2;;;/h4-11,16H,1-3H3;3H,1-2H3;2*1H;/q-1;;;;+3/p-2. The zero-order valence-electron chi connectivity index (χ0n) is 15.0. The molecule has 24 heavy (non-hydrogen) atoms. The predicted molar refractivity (Wildman–Crippen MR) is 94.2 cm³/mol. The van der Waals surface area contributed by atoms with Gasteiger partial charge in [0, 0.05) is 0 Å². The summed E-state index contributed by atoms with van der Waals surface area (Å²) in [7, 11) is 0. The molecule has 1 aliphatic carbocycles. The van der Waals surface area contributed by atoms with Gasteiger partial charge in [0.1, 0.15) is 0 Å². The van der Waals surface area contributed by atoms with Gasteiger partial charge in [-0.15, -0.1) is 0 Å². The number of rotatable bonds is 3. The zero-order chi connectivity index (χ0) is 15.9. The van der Waals surface area contributed by atoms with Gasteiger partial charge in [-0.2, -0.15) is 0 Å². The van der Waals surface area contributed by atoms with Crippen LogP contribution in [0.2, 0.25) is 13.1 Å². The molecule has 128 valence electrons. The average molecular weight is 458 g/mol. The van der Waals surface area contributed by atoms with Gasteiger partial charge in [-0.3, -0.25) is 0 Å². The molecule has 2 aromatic carbocycles. The third-order valence-corrected chi connectivity index (χ3v) is 13.1. The van der Waals surface area contributed by atoms with Crippen LogP contribution in [0.3, 0.4) is 0 Å². The molecule has 0 N–H and O–H groups in total. The number of nitrogens with zero attached hydrogens (tertiary/aromatic N) is 1. The van der Waals surface area contributed by atoms with Crippen molar-refractivity contribution in [3.05, 3.63) is 59.7 Å². The summed E-state index contributed by atoms with van der Waals surface area (Å²) < 4.78 is 2.90. The Hall–Kier alpha value is 0.0800. The topological polar surface area (TPSA) is 3.24 Å². The van der Waals surface area contributed by atoms with Crippen molar-refractivity contribution in [2.24, 2.45) is 0 Å². The molecule has 0 saturated carbocycles. The van der Waals surface area contributed by atoms with E-state index in [9.17, 15) is 0 Å². The van der Waals surface area contributed by atoms with Crippen LogP contribution in [0.4, 0.5) is 0 Å². The fourth-order valence-electron chi connectivity index (χ4n) is 3.34. The Morgan fingerprint density at radius 2 is 1.25 bits per heavy atom. The molecule has 0 amide bonds. The van der Waals surface area contributed by atoms with Crippen molar-refractivity contribution >= 4 is 5.92 Å². The molecule has 0 aromatic heterocycles. The largest absolute Gasteiger partial charge is 1.00 e. The van der Waals surface area contributed by atoms with E-state index in [-0.39, 0.29) is 30.4 Å². The van der Waals surface area contributed by atoms with E-state index in [1.807, 2.05) is 0 Å². The monoisotopic (exact) mass is 455 g/mol. The van der Waals surface area contributed by atoms with Crippen LogP contribution in [0.1, 0.15) is 37.9 Å². The Morgan fingerprint density at radius 1 is 0.833 bits per heavy atom. The third kappa shape index (κ3) is 4.24. The molecule has 3 rings (SSSR count). The van der Waals surface area contributed by atoms with Gasteiger partial charge < -0.3 is 24.8 Å². The number of benzene rings is 2. The first kappa shape index (κ1) is 22.1. The Balaban J connectivity index is 0.00000144. The number of halogens is 2. The Morgan fingerprint density at radius 3 is 1.62 bits per heavy atom. The van der Waals surface area contributed by atoms with Crippen LogP contribution in [-0.2, 0) is 22.7 Å². The van der Waals surface area contributed by atoms with E-state index in [0.29, 0.717) is 6.04 Å². The second kappa shape index (κ2) is 8.64. The van der Waals surface area contributed by atoms with E-state index in [1.54, 1.807) is 0 Å². The Kier molecular flexibility index (Phi) is 7.97. The van der Waals surface area contributed by atoms with Crippen molar-refractivity contribution in [3.8, 4) is 11.1 Å². The molecule has 0 aliphatic heterocycles.